The van der Waals surface area contributed by atoms with Crippen LogP contribution in [-0.2, 0) is 9.47 Å². The predicted octanol–water partition coefficient (Wildman–Crippen LogP) is 5.84. The van der Waals surface area contributed by atoms with E-state index in [4.69, 9.17) is 35.3 Å². The first-order valence-corrected chi connectivity index (χ1v) is 19.5. The van der Waals surface area contributed by atoms with Crippen LogP contribution in [0.5, 0.6) is 17.6 Å². The molecule has 0 spiro atoms. The number of hydrogen-bond donors (Lipinski definition) is 2. The SMILES string of the molecule is C#Cc1c(F)ccc2cc(O)cc(-c3nc(OC)c4c(N5CCOC[C@@](C)(O)C5)nc(OC[C@]56CCC[C@H]5N(C5CC7COC[C@H]7C5)CCC6)nc4c3F)c12. The summed E-state index contributed by atoms with van der Waals surface area (Å²) in [6.07, 6.45) is 13.5. The zero-order valence-corrected chi connectivity index (χ0v) is 31.3. The van der Waals surface area contributed by atoms with E-state index in [9.17, 15) is 10.2 Å². The number of piperidine rings is 1. The number of rotatable bonds is 7. The fourth-order valence-corrected chi connectivity index (χ4v) is 10.5. The summed E-state index contributed by atoms with van der Waals surface area (Å²) in [6.45, 7) is 5.74. The van der Waals surface area contributed by atoms with Crippen molar-refractivity contribution >= 4 is 27.5 Å². The van der Waals surface area contributed by atoms with Gasteiger partial charge >= 0.3 is 6.01 Å². The first kappa shape index (κ1) is 36.3. The summed E-state index contributed by atoms with van der Waals surface area (Å²) in [5, 5.41) is 22.7. The largest absolute Gasteiger partial charge is 0.508 e. The lowest BCUT2D eigenvalue weighted by atomic mass is 9.75. The fourth-order valence-electron chi connectivity index (χ4n) is 10.5. The molecule has 5 aliphatic rings. The minimum atomic E-state index is -1.24. The molecular weight excluding hydrogens is 708 g/mol. The van der Waals surface area contributed by atoms with Gasteiger partial charge in [0.1, 0.15) is 39.6 Å². The molecular formula is C42H47F2N5O6. The van der Waals surface area contributed by atoms with E-state index in [1.807, 2.05) is 4.90 Å². The molecule has 290 valence electrons. The van der Waals surface area contributed by atoms with E-state index >= 15 is 8.78 Å². The summed E-state index contributed by atoms with van der Waals surface area (Å²) in [5.74, 6) is 2.27. The number of aromatic hydroxyl groups is 1. The molecule has 6 atom stereocenters. The van der Waals surface area contributed by atoms with E-state index in [0.29, 0.717) is 49.1 Å². The number of β-amino-alcohol motifs (C(OH)–C–C–N with tert-alkyl or cyclic N) is 1. The molecule has 4 aromatic rings. The van der Waals surface area contributed by atoms with Crippen LogP contribution in [0, 0.1) is 41.2 Å². The highest BCUT2D eigenvalue weighted by Gasteiger charge is 2.52. The number of phenolic OH excluding ortho intramolecular Hbond substituents is 1. The molecule has 55 heavy (non-hydrogen) atoms. The molecule has 2 aromatic heterocycles. The van der Waals surface area contributed by atoms with Crippen LogP contribution in [0.4, 0.5) is 14.6 Å². The van der Waals surface area contributed by atoms with Crippen molar-refractivity contribution in [3.8, 4) is 41.2 Å². The van der Waals surface area contributed by atoms with Gasteiger partial charge in [0.25, 0.3) is 0 Å². The fraction of sp³-hybridized carbons (Fsp3) is 0.548. The summed E-state index contributed by atoms with van der Waals surface area (Å²) in [4.78, 5) is 18.8. The topological polar surface area (TPSA) is 123 Å². The van der Waals surface area contributed by atoms with Gasteiger partial charge in [-0.1, -0.05) is 18.4 Å². The highest BCUT2D eigenvalue weighted by atomic mass is 19.1. The van der Waals surface area contributed by atoms with Crippen LogP contribution in [0.2, 0.25) is 0 Å². The number of nitrogens with zero attached hydrogens (tertiary/aromatic N) is 5. The van der Waals surface area contributed by atoms with Crippen LogP contribution in [0.3, 0.4) is 0 Å². The van der Waals surface area contributed by atoms with E-state index in [1.165, 1.54) is 44.2 Å². The number of halogens is 2. The van der Waals surface area contributed by atoms with Crippen molar-refractivity contribution in [2.45, 2.75) is 69.6 Å². The number of benzene rings is 2. The van der Waals surface area contributed by atoms with Gasteiger partial charge in [-0.15, -0.1) is 6.42 Å². The Hall–Kier alpha value is -4.35. The molecule has 5 fully saturated rings. The molecule has 11 nitrogen and oxygen atoms in total. The number of hydrogen-bond acceptors (Lipinski definition) is 11. The molecule has 2 unspecified atom stereocenters. The lowest BCUT2D eigenvalue weighted by molar-refractivity contribution is -0.0247. The Morgan fingerprint density at radius 3 is 2.62 bits per heavy atom. The second-order valence-electron chi connectivity index (χ2n) is 16.5. The van der Waals surface area contributed by atoms with Crippen LogP contribution < -0.4 is 14.4 Å². The highest BCUT2D eigenvalue weighted by molar-refractivity contribution is 6.04. The van der Waals surface area contributed by atoms with Crippen molar-refractivity contribution in [3.63, 3.8) is 0 Å². The first-order chi connectivity index (χ1) is 26.6. The van der Waals surface area contributed by atoms with Gasteiger partial charge in [-0.05, 0) is 87.4 Å². The number of terminal acetylenes is 1. The Morgan fingerprint density at radius 2 is 1.84 bits per heavy atom. The summed E-state index contributed by atoms with van der Waals surface area (Å²) in [7, 11) is 1.41. The molecule has 2 N–H and O–H groups in total. The van der Waals surface area contributed by atoms with Crippen molar-refractivity contribution in [3.05, 3.63) is 41.5 Å². The number of fused-ring (bicyclic) bond motifs is 4. The normalized spacial score (nSPS) is 29.6. The van der Waals surface area contributed by atoms with E-state index < -0.39 is 17.2 Å². The number of ether oxygens (including phenoxy) is 4. The molecule has 0 radical (unpaired) electrons. The molecule has 5 heterocycles. The number of aliphatic hydroxyl groups is 1. The molecule has 2 aromatic carbocycles. The molecule has 13 heteroatoms. The maximum atomic E-state index is 17.4. The van der Waals surface area contributed by atoms with Gasteiger partial charge in [-0.3, -0.25) is 4.90 Å². The van der Waals surface area contributed by atoms with Gasteiger partial charge in [0.05, 0.1) is 39.0 Å². The van der Waals surface area contributed by atoms with Crippen molar-refractivity contribution in [2.24, 2.45) is 17.3 Å². The Bertz CT molecular complexity index is 2180. The summed E-state index contributed by atoms with van der Waals surface area (Å²) in [6, 6.07) is 6.34. The number of aromatic nitrogens is 3. The second kappa shape index (κ2) is 14.0. The molecule has 2 aliphatic carbocycles. The average Bonchev–Trinajstić information content (AvgIpc) is 3.88. The van der Waals surface area contributed by atoms with Gasteiger partial charge in [0.15, 0.2) is 5.82 Å². The number of methoxy groups -OCH3 is 1. The molecule has 0 amide bonds. The summed E-state index contributed by atoms with van der Waals surface area (Å²) >= 11 is 0. The number of phenols is 1. The van der Waals surface area contributed by atoms with Gasteiger partial charge < -0.3 is 34.1 Å². The molecule has 3 aliphatic heterocycles. The van der Waals surface area contributed by atoms with Crippen LogP contribution >= 0.6 is 0 Å². The van der Waals surface area contributed by atoms with E-state index in [-0.39, 0.29) is 75.1 Å². The van der Waals surface area contributed by atoms with Gasteiger partial charge in [-0.25, -0.2) is 13.8 Å². The summed E-state index contributed by atoms with van der Waals surface area (Å²) in [5.41, 5.74) is -1.72. The van der Waals surface area contributed by atoms with Crippen molar-refractivity contribution < 1.29 is 37.9 Å². The molecule has 9 rings (SSSR count). The Morgan fingerprint density at radius 1 is 1.04 bits per heavy atom. The average molecular weight is 756 g/mol. The molecule has 2 saturated carbocycles. The first-order valence-electron chi connectivity index (χ1n) is 19.5. The van der Waals surface area contributed by atoms with Gasteiger partial charge in [0, 0.05) is 48.2 Å². The third-order valence-corrected chi connectivity index (χ3v) is 12.9. The maximum absolute atomic E-state index is 17.4. The smallest absolute Gasteiger partial charge is 0.319 e. The standard InChI is InChI=1S/C42H47F2N5O6/c1-4-29-31(43)9-8-24-17-28(50)18-30(33(24)29)36-35(44)37-34(39(45-36)52-3)38(48-13-14-53-22-41(2,51)21-48)47-40(46-37)55-23-42-10-5-7-32(42)49(12-6-11-42)27-15-25-19-54-20-26(25)16-27/h1,8-9,17-18,25-27,32,50-51H,5-7,10-16,19-23H2,2-3H3/t25-,26?,27?,32-,41+,42-/m1/s1. The Kier molecular flexibility index (Phi) is 9.23. The molecule has 0 bridgehead atoms. The van der Waals surface area contributed by atoms with E-state index in [2.05, 4.69) is 15.8 Å². The maximum Gasteiger partial charge on any atom is 0.319 e. The van der Waals surface area contributed by atoms with Gasteiger partial charge in [0.2, 0.25) is 5.88 Å². The second-order valence-corrected chi connectivity index (χ2v) is 16.5. The number of pyridine rings is 1. The third-order valence-electron chi connectivity index (χ3n) is 12.9. The highest BCUT2D eigenvalue weighted by Crippen LogP contribution is 2.51. The van der Waals surface area contributed by atoms with Crippen LogP contribution in [0.25, 0.3) is 32.9 Å². The number of anilines is 1. The van der Waals surface area contributed by atoms with Crippen LogP contribution in [-0.4, -0.2) is 108 Å². The van der Waals surface area contributed by atoms with Crippen molar-refractivity contribution in [2.75, 3.05) is 64.7 Å². The Labute approximate surface area is 318 Å². The van der Waals surface area contributed by atoms with Crippen molar-refractivity contribution in [1.29, 1.82) is 0 Å². The Balaban J connectivity index is 1.15. The van der Waals surface area contributed by atoms with Crippen molar-refractivity contribution in [1.82, 2.24) is 19.9 Å². The predicted molar refractivity (Wildman–Crippen MR) is 202 cm³/mol. The minimum Gasteiger partial charge on any atom is -0.508 e. The quantitative estimate of drug-likeness (QED) is 0.221. The summed E-state index contributed by atoms with van der Waals surface area (Å²) < 4.78 is 56.4. The molecule has 3 saturated heterocycles. The van der Waals surface area contributed by atoms with Gasteiger partial charge in [-0.2, -0.15) is 9.97 Å². The lowest BCUT2D eigenvalue weighted by Crippen LogP contribution is -2.55. The van der Waals surface area contributed by atoms with Crippen LogP contribution in [0.15, 0.2) is 24.3 Å². The zero-order chi connectivity index (χ0) is 38.1. The number of likely N-dealkylation sites (tertiary alicyclic amines) is 1. The van der Waals surface area contributed by atoms with E-state index in [0.717, 1.165) is 51.9 Å². The van der Waals surface area contributed by atoms with E-state index in [1.54, 1.807) is 6.92 Å². The van der Waals surface area contributed by atoms with Crippen LogP contribution in [0.1, 0.15) is 57.4 Å². The minimum absolute atomic E-state index is 0.00276. The monoisotopic (exact) mass is 755 g/mol. The third kappa shape index (κ3) is 6.31. The lowest BCUT2D eigenvalue weighted by Gasteiger charge is -2.48. The zero-order valence-electron chi connectivity index (χ0n) is 31.3.